The molecule has 1 N–H and O–H groups in total. The van der Waals surface area contributed by atoms with Crippen molar-refractivity contribution in [2.45, 2.75) is 31.1 Å². The highest BCUT2D eigenvalue weighted by molar-refractivity contribution is 7.89. The Morgan fingerprint density at radius 3 is 2.54 bits per heavy atom. The average Bonchev–Trinajstić information content (AvgIpc) is 3.25. The number of amides is 1. The third kappa shape index (κ3) is 4.54. The maximum absolute atomic E-state index is 13.4. The van der Waals surface area contributed by atoms with E-state index in [0.717, 1.165) is 19.3 Å². The van der Waals surface area contributed by atoms with E-state index in [1.807, 2.05) is 0 Å². The predicted octanol–water partition coefficient (Wildman–Crippen LogP) is 4.76. The number of nitrogens with zero attached hydrogens (tertiary/aromatic N) is 3. The number of nitrogens with one attached hydrogen (secondary N) is 1. The molecule has 1 fully saturated rings. The summed E-state index contributed by atoms with van der Waals surface area (Å²) in [6.45, 7) is 2.69. The molecule has 0 saturated carbocycles. The van der Waals surface area contributed by atoms with Crippen molar-refractivity contribution in [3.05, 3.63) is 71.7 Å². The molecule has 0 bridgehead atoms. The van der Waals surface area contributed by atoms with E-state index in [9.17, 15) is 17.6 Å². The van der Waals surface area contributed by atoms with Crippen LogP contribution in [0.1, 0.15) is 35.3 Å². The summed E-state index contributed by atoms with van der Waals surface area (Å²) in [7, 11) is -3.65. The summed E-state index contributed by atoms with van der Waals surface area (Å²) in [5.41, 5.74) is 2.29. The smallest absolute Gasteiger partial charge is 0.259 e. The van der Waals surface area contributed by atoms with Gasteiger partial charge in [0.2, 0.25) is 10.0 Å². The molecule has 1 aliphatic rings. The number of aromatic nitrogens is 2. The van der Waals surface area contributed by atoms with Crippen molar-refractivity contribution in [1.82, 2.24) is 14.4 Å². The number of anilines is 1. The minimum Gasteiger partial charge on any atom is -0.335 e. The van der Waals surface area contributed by atoms with Crippen molar-refractivity contribution in [3.63, 3.8) is 0 Å². The van der Waals surface area contributed by atoms with E-state index in [1.165, 1.54) is 28.6 Å². The number of fused-ring (bicyclic) bond motifs is 1. The van der Waals surface area contributed by atoms with E-state index in [-0.39, 0.29) is 22.0 Å². The van der Waals surface area contributed by atoms with Crippen LogP contribution in [0.5, 0.6) is 0 Å². The van der Waals surface area contributed by atoms with Gasteiger partial charge in [0.25, 0.3) is 11.6 Å². The number of rotatable bonds is 5. The van der Waals surface area contributed by atoms with E-state index in [0.29, 0.717) is 41.1 Å². The fourth-order valence-corrected chi connectivity index (χ4v) is 5.79. The number of sulfonamides is 1. The molecule has 0 radical (unpaired) electrons. The normalized spacial score (nSPS) is 14.8. The molecule has 5 rings (SSSR count). The molecule has 1 amide bonds. The Labute approximate surface area is 201 Å². The third-order valence-electron chi connectivity index (χ3n) is 6.05. The van der Waals surface area contributed by atoms with Gasteiger partial charge in [0.1, 0.15) is 5.82 Å². The number of hydrogen-bond acceptors (Lipinski definition) is 6. The van der Waals surface area contributed by atoms with Crippen LogP contribution in [0, 0.1) is 12.7 Å². The van der Waals surface area contributed by atoms with Gasteiger partial charge in [-0.05, 0) is 68.3 Å². The lowest BCUT2D eigenvalue weighted by molar-refractivity contribution is 0.102. The molecule has 10 heteroatoms. The first-order valence-corrected chi connectivity index (χ1v) is 12.7. The number of piperidine rings is 1. The molecular weight excluding hydrogens is 471 g/mol. The Bertz CT molecular complexity index is 1510. The van der Waals surface area contributed by atoms with Gasteiger partial charge >= 0.3 is 0 Å². The number of benzene rings is 2. The van der Waals surface area contributed by atoms with Gasteiger partial charge in [-0.1, -0.05) is 17.6 Å². The SMILES string of the molecule is Cc1noc2nc(-c3ccc(F)cc3)cc(C(=O)Nc3cccc(S(=O)(=O)N4CCCCC4)c3)c12. The highest BCUT2D eigenvalue weighted by Crippen LogP contribution is 2.29. The van der Waals surface area contributed by atoms with Crippen molar-refractivity contribution in [2.24, 2.45) is 0 Å². The fourth-order valence-electron chi connectivity index (χ4n) is 4.23. The zero-order valence-electron chi connectivity index (χ0n) is 19.0. The lowest BCUT2D eigenvalue weighted by Crippen LogP contribution is -2.35. The molecule has 2 aromatic carbocycles. The topological polar surface area (TPSA) is 105 Å². The maximum Gasteiger partial charge on any atom is 0.259 e. The van der Waals surface area contributed by atoms with E-state index in [2.05, 4.69) is 15.5 Å². The minimum atomic E-state index is -3.65. The summed E-state index contributed by atoms with van der Waals surface area (Å²) in [5.74, 6) is -0.859. The van der Waals surface area contributed by atoms with Gasteiger partial charge in [-0.25, -0.2) is 17.8 Å². The molecule has 1 aliphatic heterocycles. The first-order valence-electron chi connectivity index (χ1n) is 11.3. The van der Waals surface area contributed by atoms with E-state index >= 15 is 0 Å². The number of pyridine rings is 1. The quantitative estimate of drug-likeness (QED) is 0.429. The third-order valence-corrected chi connectivity index (χ3v) is 7.94. The molecule has 4 aromatic rings. The minimum absolute atomic E-state index is 0.130. The van der Waals surface area contributed by atoms with Crippen LogP contribution in [0.4, 0.5) is 10.1 Å². The molecule has 35 heavy (non-hydrogen) atoms. The molecule has 8 nitrogen and oxygen atoms in total. The zero-order chi connectivity index (χ0) is 24.6. The van der Waals surface area contributed by atoms with Crippen molar-refractivity contribution in [1.29, 1.82) is 0 Å². The summed E-state index contributed by atoms with van der Waals surface area (Å²) in [5, 5.41) is 7.17. The predicted molar refractivity (Wildman–Crippen MR) is 129 cm³/mol. The van der Waals surface area contributed by atoms with Crippen LogP contribution >= 0.6 is 0 Å². The van der Waals surface area contributed by atoms with E-state index < -0.39 is 15.9 Å². The van der Waals surface area contributed by atoms with Gasteiger partial charge in [0, 0.05) is 24.3 Å². The second-order valence-electron chi connectivity index (χ2n) is 8.46. The lowest BCUT2D eigenvalue weighted by atomic mass is 10.0. The van der Waals surface area contributed by atoms with Crippen LogP contribution < -0.4 is 5.32 Å². The number of aryl methyl sites for hydroxylation is 1. The average molecular weight is 495 g/mol. The second-order valence-corrected chi connectivity index (χ2v) is 10.4. The molecule has 0 aliphatic carbocycles. The Kier molecular flexibility index (Phi) is 6.08. The molecule has 0 spiro atoms. The lowest BCUT2D eigenvalue weighted by Gasteiger charge is -2.26. The highest BCUT2D eigenvalue weighted by Gasteiger charge is 2.26. The van der Waals surface area contributed by atoms with Crippen LogP contribution in [0.25, 0.3) is 22.4 Å². The summed E-state index contributed by atoms with van der Waals surface area (Å²) in [6.07, 6.45) is 2.69. The highest BCUT2D eigenvalue weighted by atomic mass is 32.2. The van der Waals surface area contributed by atoms with Gasteiger partial charge in [0.05, 0.1) is 27.2 Å². The molecule has 0 atom stereocenters. The van der Waals surface area contributed by atoms with Gasteiger partial charge in [-0.3, -0.25) is 4.79 Å². The van der Waals surface area contributed by atoms with Crippen molar-refractivity contribution >= 4 is 32.7 Å². The Morgan fingerprint density at radius 1 is 1.06 bits per heavy atom. The van der Waals surface area contributed by atoms with Crippen molar-refractivity contribution in [3.8, 4) is 11.3 Å². The molecule has 1 saturated heterocycles. The monoisotopic (exact) mass is 494 g/mol. The van der Waals surface area contributed by atoms with Gasteiger partial charge in [-0.15, -0.1) is 0 Å². The van der Waals surface area contributed by atoms with Crippen LogP contribution in [0.2, 0.25) is 0 Å². The number of carbonyl (C=O) groups excluding carboxylic acids is 1. The number of hydrogen-bond donors (Lipinski definition) is 1. The van der Waals surface area contributed by atoms with Gasteiger partial charge in [-0.2, -0.15) is 4.31 Å². The van der Waals surface area contributed by atoms with Crippen LogP contribution in [0.15, 0.2) is 64.0 Å². The molecule has 3 heterocycles. The standard InChI is InChI=1S/C25H23FN4O4S/c1-16-23-21(15-22(28-25(23)34-29-16)17-8-10-18(26)11-9-17)24(31)27-19-6-5-7-20(14-19)35(32,33)30-12-3-2-4-13-30/h5-11,14-15H,2-4,12-13H2,1H3,(H,27,31). The maximum atomic E-state index is 13.4. The van der Waals surface area contributed by atoms with Crippen molar-refractivity contribution in [2.75, 3.05) is 18.4 Å². The molecule has 0 unspecified atom stereocenters. The first kappa shape index (κ1) is 23.1. The second kappa shape index (κ2) is 9.20. The Balaban J connectivity index is 1.49. The molecule has 2 aromatic heterocycles. The zero-order valence-corrected chi connectivity index (χ0v) is 19.8. The molecule has 180 valence electrons. The van der Waals surface area contributed by atoms with Crippen LogP contribution in [0.3, 0.4) is 0 Å². The van der Waals surface area contributed by atoms with Crippen molar-refractivity contribution < 1.29 is 22.1 Å². The van der Waals surface area contributed by atoms with Gasteiger partial charge < -0.3 is 9.84 Å². The first-order chi connectivity index (χ1) is 16.8. The molecular formula is C25H23FN4O4S. The van der Waals surface area contributed by atoms with Gasteiger partial charge in [0.15, 0.2) is 0 Å². The summed E-state index contributed by atoms with van der Waals surface area (Å²) < 4.78 is 46.3. The van der Waals surface area contributed by atoms with E-state index in [1.54, 1.807) is 37.3 Å². The Morgan fingerprint density at radius 2 is 1.80 bits per heavy atom. The Hall–Kier alpha value is -3.63. The number of halogens is 1. The fraction of sp³-hybridized carbons (Fsp3) is 0.240. The van der Waals surface area contributed by atoms with E-state index in [4.69, 9.17) is 4.52 Å². The van der Waals surface area contributed by atoms with Crippen LogP contribution in [-0.4, -0.2) is 41.9 Å². The van der Waals surface area contributed by atoms with Crippen LogP contribution in [-0.2, 0) is 10.0 Å². The number of carbonyl (C=O) groups is 1. The summed E-state index contributed by atoms with van der Waals surface area (Å²) >= 11 is 0. The largest absolute Gasteiger partial charge is 0.335 e. The summed E-state index contributed by atoms with van der Waals surface area (Å²) in [6, 6.07) is 13.5. The summed E-state index contributed by atoms with van der Waals surface area (Å²) in [4.78, 5) is 17.9.